The molecule has 0 aliphatic carbocycles. The van der Waals surface area contributed by atoms with Gasteiger partial charge in [-0.05, 0) is 6.07 Å². The monoisotopic (exact) mass is 319 g/mol. The summed E-state index contributed by atoms with van der Waals surface area (Å²) in [5, 5.41) is 20.1. The number of nitro groups is 1. The Hall–Kier alpha value is -2.45. The van der Waals surface area contributed by atoms with Crippen molar-refractivity contribution in [2.75, 3.05) is 0 Å². The minimum Gasteiger partial charge on any atom is -0.480 e. The Balaban J connectivity index is 3.54. The van der Waals surface area contributed by atoms with Crippen molar-refractivity contribution in [1.29, 1.82) is 0 Å². The van der Waals surface area contributed by atoms with Crippen LogP contribution in [-0.2, 0) is 15.8 Å². The number of ketones is 1. The summed E-state index contributed by atoms with van der Waals surface area (Å²) in [6.45, 7) is 2.79. The van der Waals surface area contributed by atoms with Gasteiger partial charge in [-0.2, -0.15) is 13.2 Å². The number of carbonyl (C=O) groups is 2. The fourth-order valence-corrected chi connectivity index (χ4v) is 1.86. The highest BCUT2D eigenvalue weighted by molar-refractivity contribution is 6.05. The van der Waals surface area contributed by atoms with Crippen molar-refractivity contribution < 1.29 is 32.8 Å². The molecule has 22 heavy (non-hydrogen) atoms. The Morgan fingerprint density at radius 1 is 1.27 bits per heavy atom. The lowest BCUT2D eigenvalue weighted by Gasteiger charge is -2.15. The van der Waals surface area contributed by atoms with Crippen molar-refractivity contribution in [3.8, 4) is 0 Å². The first-order chi connectivity index (χ1) is 9.96. The minimum atomic E-state index is -4.82. The fourth-order valence-electron chi connectivity index (χ4n) is 1.86. The average molecular weight is 319 g/mol. The van der Waals surface area contributed by atoms with Gasteiger partial charge in [0.15, 0.2) is 5.78 Å². The second-order valence-electron chi connectivity index (χ2n) is 4.86. The molecule has 1 aromatic rings. The SMILES string of the molecule is CC(C)C(=O)C(C(=O)O)c1ccc(C(F)(F)F)cc1[N+](=O)[O-]. The Morgan fingerprint density at radius 2 is 1.82 bits per heavy atom. The van der Waals surface area contributed by atoms with Crippen LogP contribution in [0.2, 0.25) is 0 Å². The Morgan fingerprint density at radius 3 is 2.18 bits per heavy atom. The number of carboxylic acid groups (broad SMARTS) is 1. The second-order valence-corrected chi connectivity index (χ2v) is 4.86. The highest BCUT2D eigenvalue weighted by Gasteiger charge is 2.38. The number of aliphatic carboxylic acids is 1. The number of hydrogen-bond acceptors (Lipinski definition) is 4. The zero-order valence-corrected chi connectivity index (χ0v) is 11.5. The Labute approximate surface area is 122 Å². The van der Waals surface area contributed by atoms with E-state index >= 15 is 0 Å². The molecular weight excluding hydrogens is 307 g/mol. The van der Waals surface area contributed by atoms with Crippen LogP contribution in [0, 0.1) is 16.0 Å². The number of carboxylic acids is 1. The van der Waals surface area contributed by atoms with Crippen molar-refractivity contribution in [1.82, 2.24) is 0 Å². The van der Waals surface area contributed by atoms with E-state index in [1.807, 2.05) is 0 Å². The summed E-state index contributed by atoms with van der Waals surface area (Å²) in [4.78, 5) is 33.0. The van der Waals surface area contributed by atoms with Crippen LogP contribution in [-0.4, -0.2) is 21.8 Å². The van der Waals surface area contributed by atoms with Gasteiger partial charge in [0, 0.05) is 12.0 Å². The summed E-state index contributed by atoms with van der Waals surface area (Å²) < 4.78 is 37.8. The van der Waals surface area contributed by atoms with Crippen LogP contribution in [0.25, 0.3) is 0 Å². The molecule has 0 saturated carbocycles. The predicted octanol–water partition coefficient (Wildman–Crippen LogP) is 3.01. The first kappa shape index (κ1) is 17.6. The van der Waals surface area contributed by atoms with Gasteiger partial charge in [-0.15, -0.1) is 0 Å². The van der Waals surface area contributed by atoms with Crippen LogP contribution >= 0.6 is 0 Å². The highest BCUT2D eigenvalue weighted by atomic mass is 19.4. The molecule has 0 aliphatic heterocycles. The van der Waals surface area contributed by atoms with Crippen LogP contribution < -0.4 is 0 Å². The molecule has 0 saturated heterocycles. The van der Waals surface area contributed by atoms with Gasteiger partial charge in [-0.3, -0.25) is 19.7 Å². The zero-order valence-electron chi connectivity index (χ0n) is 11.5. The smallest absolute Gasteiger partial charge is 0.416 e. The molecular formula is C13H12F3NO5. The van der Waals surface area contributed by atoms with Gasteiger partial charge in [-0.1, -0.05) is 19.9 Å². The van der Waals surface area contributed by atoms with E-state index in [9.17, 15) is 32.9 Å². The van der Waals surface area contributed by atoms with E-state index in [-0.39, 0.29) is 6.07 Å². The first-order valence-corrected chi connectivity index (χ1v) is 6.08. The maximum atomic E-state index is 12.6. The molecule has 0 aliphatic rings. The molecule has 0 heterocycles. The molecule has 0 aromatic heterocycles. The maximum Gasteiger partial charge on any atom is 0.416 e. The number of alkyl halides is 3. The molecule has 0 amide bonds. The molecule has 1 rings (SSSR count). The van der Waals surface area contributed by atoms with Crippen LogP contribution in [0.3, 0.4) is 0 Å². The molecule has 120 valence electrons. The molecule has 0 bridgehead atoms. The summed E-state index contributed by atoms with van der Waals surface area (Å²) in [6.07, 6.45) is -4.82. The average Bonchev–Trinajstić information content (AvgIpc) is 2.36. The standard InChI is InChI=1S/C13H12F3NO5/c1-6(2)11(18)10(12(19)20)8-4-3-7(13(14,15)16)5-9(8)17(21)22/h3-6,10H,1-2H3,(H,19,20). The molecule has 1 aromatic carbocycles. The minimum absolute atomic E-state index is 0.235. The van der Waals surface area contributed by atoms with Gasteiger partial charge in [0.05, 0.1) is 16.1 Å². The number of carbonyl (C=O) groups excluding carboxylic acids is 1. The summed E-state index contributed by atoms with van der Waals surface area (Å²) in [5.74, 6) is -5.11. The number of nitro benzene ring substituents is 1. The van der Waals surface area contributed by atoms with E-state index in [1.54, 1.807) is 0 Å². The van der Waals surface area contributed by atoms with E-state index in [4.69, 9.17) is 5.11 Å². The maximum absolute atomic E-state index is 12.6. The largest absolute Gasteiger partial charge is 0.480 e. The quantitative estimate of drug-likeness (QED) is 0.511. The molecule has 1 unspecified atom stereocenters. The number of Topliss-reactive ketones (excluding diaryl/α,β-unsaturated/α-hetero) is 1. The van der Waals surface area contributed by atoms with E-state index in [2.05, 4.69) is 0 Å². The first-order valence-electron chi connectivity index (χ1n) is 6.08. The number of benzene rings is 1. The fraction of sp³-hybridized carbons (Fsp3) is 0.385. The Kier molecular flexibility index (Phi) is 4.90. The van der Waals surface area contributed by atoms with Gasteiger partial charge in [0.2, 0.25) is 0 Å². The number of halogens is 3. The molecule has 1 atom stereocenters. The van der Waals surface area contributed by atoms with Gasteiger partial charge in [0.1, 0.15) is 5.92 Å². The summed E-state index contributed by atoms with van der Waals surface area (Å²) >= 11 is 0. The van der Waals surface area contributed by atoms with Gasteiger partial charge < -0.3 is 5.11 Å². The molecule has 6 nitrogen and oxygen atoms in total. The van der Waals surface area contributed by atoms with Crippen LogP contribution in [0.5, 0.6) is 0 Å². The highest BCUT2D eigenvalue weighted by Crippen LogP contribution is 2.36. The van der Waals surface area contributed by atoms with Crippen molar-refractivity contribution in [3.63, 3.8) is 0 Å². The number of rotatable bonds is 5. The van der Waals surface area contributed by atoms with E-state index in [0.717, 1.165) is 0 Å². The van der Waals surface area contributed by atoms with Crippen molar-refractivity contribution in [2.45, 2.75) is 25.9 Å². The lowest BCUT2D eigenvalue weighted by Crippen LogP contribution is -2.26. The van der Waals surface area contributed by atoms with Gasteiger partial charge >= 0.3 is 12.1 Å². The zero-order chi connectivity index (χ0) is 17.2. The number of hydrogen-bond donors (Lipinski definition) is 1. The van der Waals surface area contributed by atoms with E-state index in [1.165, 1.54) is 13.8 Å². The Bertz CT molecular complexity index is 625. The molecule has 9 heteroatoms. The van der Waals surface area contributed by atoms with Crippen molar-refractivity contribution in [2.24, 2.45) is 5.92 Å². The lowest BCUT2D eigenvalue weighted by molar-refractivity contribution is -0.385. The summed E-state index contributed by atoms with van der Waals surface area (Å²) in [7, 11) is 0. The topological polar surface area (TPSA) is 97.5 Å². The van der Waals surface area contributed by atoms with Gasteiger partial charge in [-0.25, -0.2) is 0 Å². The van der Waals surface area contributed by atoms with Crippen molar-refractivity contribution >= 4 is 17.4 Å². The van der Waals surface area contributed by atoms with E-state index < -0.39 is 51.5 Å². The van der Waals surface area contributed by atoms with Crippen LogP contribution in [0.1, 0.15) is 30.9 Å². The third-order valence-electron chi connectivity index (χ3n) is 2.97. The van der Waals surface area contributed by atoms with Crippen LogP contribution in [0.4, 0.5) is 18.9 Å². The predicted molar refractivity (Wildman–Crippen MR) is 68.3 cm³/mol. The van der Waals surface area contributed by atoms with Crippen LogP contribution in [0.15, 0.2) is 18.2 Å². The lowest BCUT2D eigenvalue weighted by atomic mass is 9.87. The van der Waals surface area contributed by atoms with Gasteiger partial charge in [0.25, 0.3) is 5.69 Å². The summed E-state index contributed by atoms with van der Waals surface area (Å²) in [5.41, 5.74) is -2.90. The van der Waals surface area contributed by atoms with E-state index in [0.29, 0.717) is 12.1 Å². The molecule has 0 fully saturated rings. The summed E-state index contributed by atoms with van der Waals surface area (Å²) in [6, 6.07) is 1.42. The second kappa shape index (κ2) is 6.12. The third kappa shape index (κ3) is 3.60. The molecule has 0 spiro atoms. The normalized spacial score (nSPS) is 13.0. The molecule has 0 radical (unpaired) electrons. The van der Waals surface area contributed by atoms with Crippen molar-refractivity contribution in [3.05, 3.63) is 39.4 Å². The molecule has 1 N–H and O–H groups in total. The third-order valence-corrected chi connectivity index (χ3v) is 2.97. The number of nitrogens with zero attached hydrogens (tertiary/aromatic N) is 1.